The third-order valence-electron chi connectivity index (χ3n) is 2.15. The first-order valence-electron chi connectivity index (χ1n) is 5.35. The molecule has 2 aromatic rings. The summed E-state index contributed by atoms with van der Waals surface area (Å²) in [6, 6.07) is 7.41. The second kappa shape index (κ2) is 5.54. The number of rotatable bonds is 4. The van der Waals surface area contributed by atoms with Gasteiger partial charge in [-0.2, -0.15) is 0 Å². The molecule has 6 heteroatoms. The Kier molecular flexibility index (Phi) is 3.82. The zero-order valence-electron chi connectivity index (χ0n) is 9.41. The van der Waals surface area contributed by atoms with Crippen molar-refractivity contribution >= 4 is 23.8 Å². The maximum absolute atomic E-state index is 5.80. The number of nitrogens with zero attached hydrogens (tertiary/aromatic N) is 5. The molecule has 0 atom stereocenters. The van der Waals surface area contributed by atoms with Crippen molar-refractivity contribution in [3.05, 3.63) is 34.9 Å². The third kappa shape index (κ3) is 3.10. The quantitative estimate of drug-likeness (QED) is 0.783. The summed E-state index contributed by atoms with van der Waals surface area (Å²) < 4.78 is 1.67. The van der Waals surface area contributed by atoms with E-state index in [2.05, 4.69) is 27.4 Å². The van der Waals surface area contributed by atoms with Gasteiger partial charge in [0, 0.05) is 17.8 Å². The normalized spacial score (nSPS) is 11.2. The topological polar surface area (TPSA) is 56.0 Å². The van der Waals surface area contributed by atoms with Gasteiger partial charge in [-0.3, -0.25) is 0 Å². The van der Waals surface area contributed by atoms with Crippen molar-refractivity contribution in [2.24, 2.45) is 4.99 Å². The van der Waals surface area contributed by atoms with Crippen LogP contribution in [-0.4, -0.2) is 26.4 Å². The van der Waals surface area contributed by atoms with Crippen LogP contribution in [0.1, 0.15) is 18.9 Å². The first-order valence-corrected chi connectivity index (χ1v) is 5.73. The van der Waals surface area contributed by atoms with Crippen molar-refractivity contribution in [3.63, 3.8) is 0 Å². The Bertz CT molecular complexity index is 503. The lowest BCUT2D eigenvalue weighted by Gasteiger charge is -1.97. The molecule has 2 rings (SSSR count). The van der Waals surface area contributed by atoms with Crippen LogP contribution in [0.2, 0.25) is 5.02 Å². The molecule has 0 spiro atoms. The third-order valence-corrected chi connectivity index (χ3v) is 2.40. The van der Waals surface area contributed by atoms with Crippen LogP contribution in [0.25, 0.3) is 0 Å². The van der Waals surface area contributed by atoms with Gasteiger partial charge in [-0.1, -0.05) is 35.8 Å². The molecule has 88 valence electrons. The van der Waals surface area contributed by atoms with Crippen LogP contribution in [0.3, 0.4) is 0 Å². The minimum Gasteiger partial charge on any atom is -0.218 e. The Balaban J connectivity index is 2.14. The number of tetrazole rings is 1. The number of hydrogen-bond acceptors (Lipinski definition) is 4. The van der Waals surface area contributed by atoms with Crippen LogP contribution in [0.4, 0.5) is 5.95 Å². The molecule has 0 N–H and O–H groups in total. The second-order valence-electron chi connectivity index (χ2n) is 3.51. The van der Waals surface area contributed by atoms with E-state index in [0.29, 0.717) is 11.0 Å². The molecule has 0 unspecified atom stereocenters. The van der Waals surface area contributed by atoms with Crippen molar-refractivity contribution in [2.45, 2.75) is 19.9 Å². The predicted molar refractivity (Wildman–Crippen MR) is 66.8 cm³/mol. The van der Waals surface area contributed by atoms with Crippen molar-refractivity contribution in [3.8, 4) is 0 Å². The molecule has 0 aliphatic rings. The summed E-state index contributed by atoms with van der Waals surface area (Å²) in [6.07, 6.45) is 2.68. The van der Waals surface area contributed by atoms with Gasteiger partial charge in [0.05, 0.1) is 0 Å². The molecule has 0 saturated carbocycles. The SMILES string of the molecule is CCCn1nnnc1N=Cc1ccc(Cl)cc1. The van der Waals surface area contributed by atoms with E-state index in [-0.39, 0.29) is 0 Å². The van der Waals surface area contributed by atoms with Crippen LogP contribution < -0.4 is 0 Å². The molecule has 0 radical (unpaired) electrons. The zero-order valence-corrected chi connectivity index (χ0v) is 10.2. The van der Waals surface area contributed by atoms with Crippen molar-refractivity contribution in [2.75, 3.05) is 0 Å². The summed E-state index contributed by atoms with van der Waals surface area (Å²) in [6.45, 7) is 2.83. The van der Waals surface area contributed by atoms with E-state index in [4.69, 9.17) is 11.6 Å². The highest BCUT2D eigenvalue weighted by Gasteiger charge is 2.01. The van der Waals surface area contributed by atoms with E-state index < -0.39 is 0 Å². The number of hydrogen-bond donors (Lipinski definition) is 0. The Hall–Kier alpha value is -1.75. The number of aliphatic imine (C=N–C) groups is 1. The molecule has 17 heavy (non-hydrogen) atoms. The zero-order chi connectivity index (χ0) is 12.1. The fourth-order valence-corrected chi connectivity index (χ4v) is 1.46. The Labute approximate surface area is 104 Å². The lowest BCUT2D eigenvalue weighted by Crippen LogP contribution is -1.98. The Morgan fingerprint density at radius 1 is 1.35 bits per heavy atom. The van der Waals surface area contributed by atoms with Gasteiger partial charge < -0.3 is 0 Å². The van der Waals surface area contributed by atoms with Gasteiger partial charge in [0.2, 0.25) is 0 Å². The number of aromatic nitrogens is 4. The van der Waals surface area contributed by atoms with Crippen molar-refractivity contribution in [1.82, 2.24) is 20.2 Å². The monoisotopic (exact) mass is 249 g/mol. The molecule has 0 fully saturated rings. The van der Waals surface area contributed by atoms with E-state index in [0.717, 1.165) is 18.5 Å². The van der Waals surface area contributed by atoms with Gasteiger partial charge in [0.15, 0.2) is 0 Å². The van der Waals surface area contributed by atoms with Gasteiger partial charge in [-0.25, -0.2) is 9.67 Å². The lowest BCUT2D eigenvalue weighted by atomic mass is 10.2. The van der Waals surface area contributed by atoms with Crippen molar-refractivity contribution < 1.29 is 0 Å². The smallest absolute Gasteiger partial charge is 0.218 e. The maximum atomic E-state index is 5.80. The summed E-state index contributed by atoms with van der Waals surface area (Å²) in [5.74, 6) is 0.516. The number of halogens is 1. The van der Waals surface area contributed by atoms with Gasteiger partial charge in [0.1, 0.15) is 0 Å². The summed E-state index contributed by atoms with van der Waals surface area (Å²) in [5.41, 5.74) is 0.959. The fraction of sp³-hybridized carbons (Fsp3) is 0.273. The van der Waals surface area contributed by atoms with E-state index in [1.165, 1.54) is 0 Å². The highest BCUT2D eigenvalue weighted by Crippen LogP contribution is 2.10. The predicted octanol–water partition coefficient (Wildman–Crippen LogP) is 2.49. The van der Waals surface area contributed by atoms with Crippen LogP contribution in [0.5, 0.6) is 0 Å². The first-order chi connectivity index (χ1) is 8.29. The molecule has 1 aromatic carbocycles. The van der Waals surface area contributed by atoms with E-state index in [1.807, 2.05) is 24.3 Å². The standard InChI is InChI=1S/C11H12ClN5/c1-2-7-17-11(14-15-16-17)13-8-9-3-5-10(12)6-4-9/h3-6,8H,2,7H2,1H3. The average molecular weight is 250 g/mol. The number of benzene rings is 1. The molecule has 1 heterocycles. The van der Waals surface area contributed by atoms with Crippen LogP contribution in [0, 0.1) is 0 Å². The molecular formula is C11H12ClN5. The minimum atomic E-state index is 0.516. The van der Waals surface area contributed by atoms with E-state index >= 15 is 0 Å². The maximum Gasteiger partial charge on any atom is 0.269 e. The Morgan fingerprint density at radius 3 is 2.82 bits per heavy atom. The number of aryl methyl sites for hydroxylation is 1. The van der Waals surface area contributed by atoms with Crippen LogP contribution in [-0.2, 0) is 6.54 Å². The van der Waals surface area contributed by atoms with Crippen molar-refractivity contribution in [1.29, 1.82) is 0 Å². The average Bonchev–Trinajstić information content (AvgIpc) is 2.77. The van der Waals surface area contributed by atoms with Gasteiger partial charge >= 0.3 is 0 Å². The molecule has 1 aromatic heterocycles. The fourth-order valence-electron chi connectivity index (χ4n) is 1.33. The minimum absolute atomic E-state index is 0.516. The summed E-state index contributed by atoms with van der Waals surface area (Å²) >= 11 is 5.80. The van der Waals surface area contributed by atoms with Crippen LogP contribution in [0.15, 0.2) is 29.3 Å². The molecule has 0 amide bonds. The molecule has 5 nitrogen and oxygen atoms in total. The summed E-state index contributed by atoms with van der Waals surface area (Å²) in [7, 11) is 0. The van der Waals surface area contributed by atoms with Gasteiger partial charge in [-0.05, 0) is 34.5 Å². The van der Waals surface area contributed by atoms with Crippen LogP contribution >= 0.6 is 11.6 Å². The summed E-state index contributed by atoms with van der Waals surface area (Å²) in [5, 5.41) is 12.0. The van der Waals surface area contributed by atoms with Gasteiger partial charge in [-0.15, -0.1) is 0 Å². The molecule has 0 aliphatic heterocycles. The highest BCUT2D eigenvalue weighted by molar-refractivity contribution is 6.30. The summed E-state index contributed by atoms with van der Waals surface area (Å²) in [4.78, 5) is 4.24. The van der Waals surface area contributed by atoms with E-state index in [1.54, 1.807) is 10.9 Å². The van der Waals surface area contributed by atoms with E-state index in [9.17, 15) is 0 Å². The highest BCUT2D eigenvalue weighted by atomic mass is 35.5. The Morgan fingerprint density at radius 2 is 2.12 bits per heavy atom. The first kappa shape index (κ1) is 11.7. The molecule has 0 bridgehead atoms. The molecule has 0 aliphatic carbocycles. The molecule has 0 saturated heterocycles. The largest absolute Gasteiger partial charge is 0.269 e. The lowest BCUT2D eigenvalue weighted by molar-refractivity contribution is 0.582. The van der Waals surface area contributed by atoms with Gasteiger partial charge in [0.25, 0.3) is 5.95 Å². The molecular weight excluding hydrogens is 238 g/mol. The second-order valence-corrected chi connectivity index (χ2v) is 3.95.